The van der Waals surface area contributed by atoms with E-state index in [4.69, 9.17) is 10.5 Å². The fraction of sp³-hybridized carbons (Fsp3) is 0.0588. The second-order valence-electron chi connectivity index (χ2n) is 5.02. The number of hydrogen-bond acceptors (Lipinski definition) is 6. The summed E-state index contributed by atoms with van der Waals surface area (Å²) in [5.74, 6) is 0.584. The minimum absolute atomic E-state index is 0.0308. The highest BCUT2D eigenvalue weighted by atomic mass is 16.6. The third kappa shape index (κ3) is 2.36. The van der Waals surface area contributed by atoms with Gasteiger partial charge in [0.1, 0.15) is 23.2 Å². The van der Waals surface area contributed by atoms with Crippen LogP contribution in [0.1, 0.15) is 5.56 Å². The molecule has 0 amide bonds. The van der Waals surface area contributed by atoms with Crippen molar-refractivity contribution in [1.82, 2.24) is 4.98 Å². The molecule has 0 saturated heterocycles. The monoisotopic (exact) mass is 320 g/mol. The molecule has 0 aliphatic carbocycles. The fourth-order valence-electron chi connectivity index (χ4n) is 2.63. The Morgan fingerprint density at radius 3 is 2.71 bits per heavy atom. The molecular weight excluding hydrogens is 308 g/mol. The highest BCUT2D eigenvalue weighted by Crippen LogP contribution is 2.39. The molecule has 7 heteroatoms. The summed E-state index contributed by atoms with van der Waals surface area (Å²) in [7, 11) is 1.52. The summed E-state index contributed by atoms with van der Waals surface area (Å²) in [5.41, 5.74) is 7.11. The molecule has 2 aromatic carbocycles. The molecule has 0 saturated carbocycles. The Bertz CT molecular complexity index is 1010. The van der Waals surface area contributed by atoms with E-state index in [1.807, 2.05) is 6.07 Å². The zero-order valence-electron chi connectivity index (χ0n) is 12.7. The number of aromatic nitrogens is 1. The third-order valence-electron chi connectivity index (χ3n) is 3.70. The van der Waals surface area contributed by atoms with Crippen molar-refractivity contribution in [2.45, 2.75) is 0 Å². The van der Waals surface area contributed by atoms with Crippen molar-refractivity contribution in [3.8, 4) is 22.9 Å². The highest BCUT2D eigenvalue weighted by Gasteiger charge is 2.22. The Morgan fingerprint density at radius 2 is 2.04 bits per heavy atom. The molecule has 1 heterocycles. The summed E-state index contributed by atoms with van der Waals surface area (Å²) in [4.78, 5) is 15.1. The maximum absolute atomic E-state index is 11.4. The van der Waals surface area contributed by atoms with Crippen molar-refractivity contribution in [3.05, 3.63) is 58.1 Å². The Labute approximate surface area is 137 Å². The Morgan fingerprint density at radius 1 is 1.29 bits per heavy atom. The number of fused-ring (bicyclic) bond motifs is 1. The van der Waals surface area contributed by atoms with Crippen LogP contribution in [0.25, 0.3) is 22.0 Å². The van der Waals surface area contributed by atoms with E-state index in [1.165, 1.54) is 13.2 Å². The van der Waals surface area contributed by atoms with E-state index >= 15 is 0 Å². The number of pyridine rings is 1. The van der Waals surface area contributed by atoms with E-state index in [9.17, 15) is 15.4 Å². The number of rotatable bonds is 3. The maximum Gasteiger partial charge on any atom is 0.277 e. The van der Waals surface area contributed by atoms with E-state index in [0.717, 1.165) is 0 Å². The van der Waals surface area contributed by atoms with Crippen LogP contribution < -0.4 is 10.5 Å². The topological polar surface area (TPSA) is 115 Å². The number of nitrogens with two attached hydrogens (primary N) is 1. The van der Waals surface area contributed by atoms with Crippen molar-refractivity contribution in [1.29, 1.82) is 5.26 Å². The summed E-state index contributed by atoms with van der Waals surface area (Å²) in [5, 5.41) is 21.5. The molecule has 0 aliphatic rings. The average Bonchev–Trinajstić information content (AvgIpc) is 2.60. The van der Waals surface area contributed by atoms with Gasteiger partial charge in [-0.3, -0.25) is 10.1 Å². The highest BCUT2D eigenvalue weighted by molar-refractivity contribution is 6.02. The number of nitrogens with zero attached hydrogens (tertiary/aromatic N) is 3. The number of ether oxygens (including phenoxy) is 1. The molecule has 24 heavy (non-hydrogen) atoms. The van der Waals surface area contributed by atoms with E-state index in [2.05, 4.69) is 4.98 Å². The average molecular weight is 320 g/mol. The molecule has 0 radical (unpaired) electrons. The number of nitrogen functional groups attached to an aromatic ring is 1. The molecule has 3 aromatic rings. The Balaban J connectivity index is 2.50. The first-order valence-electron chi connectivity index (χ1n) is 6.98. The molecule has 0 fully saturated rings. The van der Waals surface area contributed by atoms with Gasteiger partial charge < -0.3 is 10.5 Å². The van der Waals surface area contributed by atoms with Gasteiger partial charge in [-0.1, -0.05) is 12.1 Å². The van der Waals surface area contributed by atoms with Gasteiger partial charge in [-0.15, -0.1) is 0 Å². The second kappa shape index (κ2) is 5.85. The predicted molar refractivity (Wildman–Crippen MR) is 89.5 cm³/mol. The fourth-order valence-corrected chi connectivity index (χ4v) is 2.63. The van der Waals surface area contributed by atoms with Crippen molar-refractivity contribution >= 4 is 22.4 Å². The van der Waals surface area contributed by atoms with Crippen LogP contribution in [-0.2, 0) is 0 Å². The second-order valence-corrected chi connectivity index (χ2v) is 5.02. The lowest BCUT2D eigenvalue weighted by Gasteiger charge is -2.12. The SMILES string of the molecule is COc1ccc2nc(N)c(C#N)c(-c3ccccc3[N+](=O)[O-])c2c1. The molecule has 0 atom stereocenters. The largest absolute Gasteiger partial charge is 0.497 e. The number of anilines is 1. The smallest absolute Gasteiger partial charge is 0.277 e. The predicted octanol–water partition coefficient (Wildman–Crippen LogP) is 3.27. The van der Waals surface area contributed by atoms with Crippen molar-refractivity contribution in [2.75, 3.05) is 12.8 Å². The van der Waals surface area contributed by atoms with Gasteiger partial charge in [0.25, 0.3) is 5.69 Å². The summed E-state index contributed by atoms with van der Waals surface area (Å²) in [6.45, 7) is 0. The zero-order chi connectivity index (χ0) is 17.3. The van der Waals surface area contributed by atoms with Gasteiger partial charge in [0.2, 0.25) is 0 Å². The van der Waals surface area contributed by atoms with Gasteiger partial charge in [0.05, 0.1) is 23.1 Å². The van der Waals surface area contributed by atoms with E-state index in [-0.39, 0.29) is 17.1 Å². The standard InChI is InChI=1S/C17H12N4O3/c1-24-10-6-7-14-12(8-10)16(13(9-18)17(19)20-14)11-4-2-3-5-15(11)21(22)23/h2-8H,1H3,(H2,19,20). The molecule has 118 valence electrons. The number of nitro benzene ring substituents is 1. The molecule has 0 unspecified atom stereocenters. The Hall–Kier alpha value is -3.66. The molecule has 0 spiro atoms. The summed E-state index contributed by atoms with van der Waals surface area (Å²) in [6.07, 6.45) is 0. The van der Waals surface area contributed by atoms with Gasteiger partial charge in [-0.25, -0.2) is 4.98 Å². The first-order chi connectivity index (χ1) is 11.6. The number of methoxy groups -OCH3 is 1. The minimum Gasteiger partial charge on any atom is -0.497 e. The lowest BCUT2D eigenvalue weighted by atomic mass is 9.95. The number of para-hydroxylation sites is 1. The van der Waals surface area contributed by atoms with Crippen LogP contribution in [0.3, 0.4) is 0 Å². The van der Waals surface area contributed by atoms with Crippen LogP contribution in [0, 0.1) is 21.4 Å². The summed E-state index contributed by atoms with van der Waals surface area (Å²) in [6, 6.07) is 13.3. The van der Waals surface area contributed by atoms with Crippen LogP contribution in [0.5, 0.6) is 5.75 Å². The molecule has 7 nitrogen and oxygen atoms in total. The first kappa shape index (κ1) is 15.2. The lowest BCUT2D eigenvalue weighted by Crippen LogP contribution is -2.01. The molecule has 3 rings (SSSR count). The minimum atomic E-state index is -0.487. The summed E-state index contributed by atoms with van der Waals surface area (Å²) < 4.78 is 5.22. The quantitative estimate of drug-likeness (QED) is 0.585. The number of benzene rings is 2. The number of nitriles is 1. The van der Waals surface area contributed by atoms with E-state index in [0.29, 0.717) is 27.8 Å². The van der Waals surface area contributed by atoms with Gasteiger partial charge in [0.15, 0.2) is 0 Å². The lowest BCUT2D eigenvalue weighted by molar-refractivity contribution is -0.384. The van der Waals surface area contributed by atoms with E-state index in [1.54, 1.807) is 36.4 Å². The molecular formula is C17H12N4O3. The van der Waals surface area contributed by atoms with Crippen LogP contribution in [0.4, 0.5) is 11.5 Å². The van der Waals surface area contributed by atoms with Crippen LogP contribution in [0.2, 0.25) is 0 Å². The van der Waals surface area contributed by atoms with Crippen LogP contribution in [0.15, 0.2) is 42.5 Å². The van der Waals surface area contributed by atoms with Gasteiger partial charge >= 0.3 is 0 Å². The van der Waals surface area contributed by atoms with Crippen LogP contribution in [-0.4, -0.2) is 17.0 Å². The van der Waals surface area contributed by atoms with Crippen molar-refractivity contribution in [2.24, 2.45) is 0 Å². The van der Waals surface area contributed by atoms with Gasteiger partial charge in [-0.2, -0.15) is 5.26 Å². The Kier molecular flexibility index (Phi) is 3.72. The van der Waals surface area contributed by atoms with Gasteiger partial charge in [0, 0.05) is 17.0 Å². The third-order valence-corrected chi connectivity index (χ3v) is 3.70. The molecule has 1 aromatic heterocycles. The van der Waals surface area contributed by atoms with Crippen molar-refractivity contribution < 1.29 is 9.66 Å². The maximum atomic E-state index is 11.4. The first-order valence-corrected chi connectivity index (χ1v) is 6.98. The number of hydrogen-bond donors (Lipinski definition) is 1. The van der Waals surface area contributed by atoms with Crippen LogP contribution >= 0.6 is 0 Å². The normalized spacial score (nSPS) is 10.3. The van der Waals surface area contributed by atoms with E-state index < -0.39 is 4.92 Å². The van der Waals surface area contributed by atoms with Gasteiger partial charge in [-0.05, 0) is 24.3 Å². The number of nitro groups is 1. The van der Waals surface area contributed by atoms with Crippen molar-refractivity contribution in [3.63, 3.8) is 0 Å². The molecule has 2 N–H and O–H groups in total. The zero-order valence-corrected chi connectivity index (χ0v) is 12.7. The molecule has 0 aliphatic heterocycles. The summed E-state index contributed by atoms with van der Waals surface area (Å²) >= 11 is 0. The molecule has 0 bridgehead atoms.